The summed E-state index contributed by atoms with van der Waals surface area (Å²) in [5, 5.41) is 1.39. The number of anilines is 1. The van der Waals surface area contributed by atoms with Crippen LogP contribution in [-0.4, -0.2) is 37.9 Å². The van der Waals surface area contributed by atoms with Crippen LogP contribution in [0.2, 0.25) is 5.02 Å². The third-order valence-corrected chi connectivity index (χ3v) is 7.81. The number of rotatable bonds is 22. The molecule has 0 aliphatic rings. The first-order valence-corrected chi connectivity index (χ1v) is 15.9. The lowest BCUT2D eigenvalue weighted by molar-refractivity contribution is -0.115. The first kappa shape index (κ1) is 34.8. The molecule has 1 atom stereocenters. The summed E-state index contributed by atoms with van der Waals surface area (Å²) in [6, 6.07) is 9.72. The molecule has 1 amide bonds. The molecular formula is C33H47Cl2NO5. The molecule has 0 saturated heterocycles. The fourth-order valence-corrected chi connectivity index (χ4v) is 4.99. The molecule has 6 nitrogen and oxygen atoms in total. The molecule has 0 fully saturated rings. The second kappa shape index (κ2) is 20.4. The van der Waals surface area contributed by atoms with Gasteiger partial charge in [0.15, 0.2) is 22.7 Å². The lowest BCUT2D eigenvalue weighted by Gasteiger charge is -2.14. The summed E-state index contributed by atoms with van der Waals surface area (Å²) >= 11 is 12.4. The van der Waals surface area contributed by atoms with Gasteiger partial charge in [-0.05, 0) is 30.7 Å². The van der Waals surface area contributed by atoms with E-state index in [0.29, 0.717) is 29.4 Å². The summed E-state index contributed by atoms with van der Waals surface area (Å²) in [6.45, 7) is 2.90. The molecule has 41 heavy (non-hydrogen) atoms. The Morgan fingerprint density at radius 1 is 0.756 bits per heavy atom. The van der Waals surface area contributed by atoms with Crippen LogP contribution in [-0.2, 0) is 4.79 Å². The number of hydrogen-bond acceptors (Lipinski definition) is 5. The normalized spacial score (nSPS) is 11.6. The molecule has 2 aromatic carbocycles. The highest BCUT2D eigenvalue weighted by Crippen LogP contribution is 2.36. The van der Waals surface area contributed by atoms with E-state index in [1.807, 2.05) is 0 Å². The van der Waals surface area contributed by atoms with Crippen LogP contribution < -0.4 is 19.5 Å². The minimum atomic E-state index is -1.43. The van der Waals surface area contributed by atoms with Gasteiger partial charge in [-0.3, -0.25) is 9.59 Å². The Bertz CT molecular complexity index is 1040. The molecule has 0 bridgehead atoms. The van der Waals surface area contributed by atoms with Gasteiger partial charge in [-0.1, -0.05) is 102 Å². The molecule has 2 aromatic rings. The number of halogens is 2. The van der Waals surface area contributed by atoms with E-state index in [-0.39, 0.29) is 10.7 Å². The van der Waals surface area contributed by atoms with Crippen LogP contribution in [0.25, 0.3) is 0 Å². The zero-order valence-electron chi connectivity index (χ0n) is 24.9. The number of benzene rings is 2. The van der Waals surface area contributed by atoms with Crippen LogP contribution in [0.3, 0.4) is 0 Å². The Hall–Kier alpha value is -2.44. The van der Waals surface area contributed by atoms with Crippen molar-refractivity contribution < 1.29 is 23.8 Å². The van der Waals surface area contributed by atoms with Crippen molar-refractivity contribution in [1.82, 2.24) is 0 Å². The summed E-state index contributed by atoms with van der Waals surface area (Å²) < 4.78 is 16.3. The zero-order valence-corrected chi connectivity index (χ0v) is 26.5. The molecule has 0 spiro atoms. The maximum atomic E-state index is 12.8. The second-order valence-electron chi connectivity index (χ2n) is 10.4. The molecule has 1 unspecified atom stereocenters. The molecular weight excluding hydrogens is 561 g/mol. The molecule has 0 aromatic heterocycles. The number of methoxy groups -OCH3 is 2. The highest BCUT2D eigenvalue weighted by Gasteiger charge is 2.26. The molecule has 0 aliphatic heterocycles. The van der Waals surface area contributed by atoms with Gasteiger partial charge in [-0.15, -0.1) is 11.6 Å². The van der Waals surface area contributed by atoms with Gasteiger partial charge in [0.05, 0.1) is 31.5 Å². The topological polar surface area (TPSA) is 73.9 Å². The Morgan fingerprint density at radius 2 is 1.24 bits per heavy atom. The van der Waals surface area contributed by atoms with E-state index >= 15 is 0 Å². The quantitative estimate of drug-likeness (QED) is 0.0624. The number of amides is 1. The van der Waals surface area contributed by atoms with Crippen LogP contribution in [0.5, 0.6) is 17.2 Å². The van der Waals surface area contributed by atoms with E-state index in [2.05, 4.69) is 12.2 Å². The number of ether oxygens (including phenoxy) is 3. The molecule has 228 valence electrons. The standard InChI is InChI=1S/C33H47Cl2NO5/c1-4-5-6-7-8-9-10-11-12-13-14-15-16-17-22-41-26-20-18-25(19-21-26)32(37)31(35)33(38)36-28-24-30(40-3)29(39-2)23-27(28)34/h18-21,23-24,31H,4-17,22H2,1-3H3,(H,36,38). The number of Topliss-reactive ketones (excluding diaryl/α,β-unsaturated/α-hetero) is 1. The summed E-state index contributed by atoms with van der Waals surface area (Å²) in [4.78, 5) is 25.4. The van der Waals surface area contributed by atoms with Crippen molar-refractivity contribution in [2.45, 2.75) is 102 Å². The van der Waals surface area contributed by atoms with E-state index < -0.39 is 17.1 Å². The molecule has 1 N–H and O–H groups in total. The van der Waals surface area contributed by atoms with Gasteiger partial charge in [0.2, 0.25) is 5.91 Å². The lowest BCUT2D eigenvalue weighted by Crippen LogP contribution is -2.30. The van der Waals surface area contributed by atoms with Crippen molar-refractivity contribution in [3.05, 3.63) is 47.0 Å². The van der Waals surface area contributed by atoms with E-state index in [4.69, 9.17) is 37.4 Å². The van der Waals surface area contributed by atoms with Gasteiger partial charge >= 0.3 is 0 Å². The molecule has 0 saturated carbocycles. The van der Waals surface area contributed by atoms with E-state index in [1.54, 1.807) is 24.3 Å². The largest absolute Gasteiger partial charge is 0.494 e. The number of ketones is 1. The third kappa shape index (κ3) is 13.0. The number of alkyl halides is 1. The lowest BCUT2D eigenvalue weighted by atomic mass is 10.0. The number of hydrogen-bond donors (Lipinski definition) is 1. The Balaban J connectivity index is 1.63. The molecule has 0 heterocycles. The molecule has 8 heteroatoms. The monoisotopic (exact) mass is 607 g/mol. The van der Waals surface area contributed by atoms with Crippen LogP contribution in [0.1, 0.15) is 107 Å². The van der Waals surface area contributed by atoms with Gasteiger partial charge in [0.25, 0.3) is 0 Å². The summed E-state index contributed by atoms with van der Waals surface area (Å²) in [7, 11) is 2.95. The van der Waals surface area contributed by atoms with Crippen molar-refractivity contribution in [2.75, 3.05) is 26.1 Å². The summed E-state index contributed by atoms with van der Waals surface area (Å²) in [5.41, 5.74) is 0.586. The average molecular weight is 609 g/mol. The van der Waals surface area contributed by atoms with Crippen molar-refractivity contribution in [1.29, 1.82) is 0 Å². The van der Waals surface area contributed by atoms with Gasteiger partial charge < -0.3 is 19.5 Å². The summed E-state index contributed by atoms with van der Waals surface area (Å²) in [5.74, 6) is 0.280. The summed E-state index contributed by atoms with van der Waals surface area (Å²) in [6.07, 6.45) is 18.4. The second-order valence-corrected chi connectivity index (χ2v) is 11.2. The Kier molecular flexibility index (Phi) is 17.3. The van der Waals surface area contributed by atoms with Crippen molar-refractivity contribution in [3.63, 3.8) is 0 Å². The maximum absolute atomic E-state index is 12.8. The van der Waals surface area contributed by atoms with Crippen LogP contribution in [0, 0.1) is 0 Å². The van der Waals surface area contributed by atoms with Gasteiger partial charge in [-0.25, -0.2) is 0 Å². The fourth-order valence-electron chi connectivity index (χ4n) is 4.61. The van der Waals surface area contributed by atoms with E-state index in [1.165, 1.54) is 103 Å². The van der Waals surface area contributed by atoms with Crippen molar-refractivity contribution >= 4 is 40.6 Å². The number of unbranched alkanes of at least 4 members (excludes halogenated alkanes) is 13. The molecule has 0 radical (unpaired) electrons. The first-order valence-electron chi connectivity index (χ1n) is 15.0. The van der Waals surface area contributed by atoms with Gasteiger partial charge in [-0.2, -0.15) is 0 Å². The SMILES string of the molecule is CCCCCCCCCCCCCCCCOc1ccc(C(=O)C(Cl)C(=O)Nc2cc(OC)c(OC)cc2Cl)cc1. The van der Waals surface area contributed by atoms with E-state index in [0.717, 1.165) is 12.8 Å². The van der Waals surface area contributed by atoms with Gasteiger partial charge in [0, 0.05) is 17.7 Å². The zero-order chi connectivity index (χ0) is 29.9. The van der Waals surface area contributed by atoms with Gasteiger partial charge in [0.1, 0.15) is 5.75 Å². The number of carbonyl (C=O) groups is 2. The Morgan fingerprint density at radius 3 is 1.76 bits per heavy atom. The molecule has 0 aliphatic carbocycles. The van der Waals surface area contributed by atoms with Crippen LogP contribution >= 0.6 is 23.2 Å². The average Bonchev–Trinajstić information content (AvgIpc) is 2.99. The molecule has 2 rings (SSSR count). The fraction of sp³-hybridized carbons (Fsp3) is 0.576. The van der Waals surface area contributed by atoms with Crippen molar-refractivity contribution in [2.24, 2.45) is 0 Å². The Labute approximate surface area is 256 Å². The number of nitrogens with one attached hydrogen (secondary N) is 1. The predicted octanol–water partition coefficient (Wildman–Crippen LogP) is 9.65. The van der Waals surface area contributed by atoms with Crippen LogP contribution in [0.15, 0.2) is 36.4 Å². The number of carbonyl (C=O) groups excluding carboxylic acids is 2. The predicted molar refractivity (Wildman–Crippen MR) is 169 cm³/mol. The smallest absolute Gasteiger partial charge is 0.250 e. The third-order valence-electron chi connectivity index (χ3n) is 7.10. The van der Waals surface area contributed by atoms with E-state index in [9.17, 15) is 9.59 Å². The highest BCUT2D eigenvalue weighted by molar-refractivity contribution is 6.46. The van der Waals surface area contributed by atoms with Crippen molar-refractivity contribution in [3.8, 4) is 17.2 Å². The maximum Gasteiger partial charge on any atom is 0.250 e. The minimum Gasteiger partial charge on any atom is -0.494 e. The van der Waals surface area contributed by atoms with Crippen LogP contribution in [0.4, 0.5) is 5.69 Å². The first-order chi connectivity index (χ1) is 19.9. The highest BCUT2D eigenvalue weighted by atomic mass is 35.5. The minimum absolute atomic E-state index is 0.229.